The topological polar surface area (TPSA) is 146 Å². The number of carbonyl (C=O) groups is 5. The molecule has 0 spiro atoms. The Morgan fingerprint density at radius 1 is 0.979 bits per heavy atom. The third-order valence-electron chi connectivity index (χ3n) is 9.66. The van der Waals surface area contributed by atoms with E-state index in [1.807, 2.05) is 44.3 Å². The standard InChI is InChI=1S/C35H49N7O6/c1-3-48-24-32(45)40-19-14-26(15-20-40)35(47)41-17-7-10-31(44)42(18-13-25-8-5-4-6-9-25)23-30(43)37-27-11-12-29-28(22-27)33(38-39(29)2)34(46)36-16-21-41/h4-6,8-9,26-27H,3,7,10-24H2,1-2H3,(H,36,46)(H,37,43). The van der Waals surface area contributed by atoms with Crippen LogP contribution in [0.25, 0.3) is 0 Å². The van der Waals surface area contributed by atoms with E-state index in [4.69, 9.17) is 4.74 Å². The summed E-state index contributed by atoms with van der Waals surface area (Å²) in [5.41, 5.74) is 3.23. The fourth-order valence-corrected chi connectivity index (χ4v) is 6.96. The molecule has 1 aromatic carbocycles. The number of aryl methyl sites for hydroxylation is 1. The summed E-state index contributed by atoms with van der Waals surface area (Å²) in [4.78, 5) is 71.6. The summed E-state index contributed by atoms with van der Waals surface area (Å²) in [6.45, 7) is 4.52. The maximum absolute atomic E-state index is 13.8. The van der Waals surface area contributed by atoms with E-state index >= 15 is 0 Å². The largest absolute Gasteiger partial charge is 0.372 e. The summed E-state index contributed by atoms with van der Waals surface area (Å²) >= 11 is 0. The first-order chi connectivity index (χ1) is 23.2. The van der Waals surface area contributed by atoms with Crippen molar-refractivity contribution in [1.29, 1.82) is 0 Å². The molecule has 5 amide bonds. The highest BCUT2D eigenvalue weighted by atomic mass is 16.5. The van der Waals surface area contributed by atoms with Crippen molar-refractivity contribution in [3.8, 4) is 0 Å². The molecule has 2 N–H and O–H groups in total. The van der Waals surface area contributed by atoms with Gasteiger partial charge in [0.1, 0.15) is 6.61 Å². The quantitative estimate of drug-likeness (QED) is 0.451. The van der Waals surface area contributed by atoms with E-state index in [0.29, 0.717) is 83.4 Å². The molecule has 1 aromatic heterocycles. The van der Waals surface area contributed by atoms with E-state index in [1.165, 1.54) is 0 Å². The molecule has 0 saturated carbocycles. The van der Waals surface area contributed by atoms with Gasteiger partial charge < -0.3 is 30.1 Å². The highest BCUT2D eigenvalue weighted by Crippen LogP contribution is 2.25. The van der Waals surface area contributed by atoms with Gasteiger partial charge in [0.25, 0.3) is 5.91 Å². The third kappa shape index (κ3) is 9.00. The van der Waals surface area contributed by atoms with Crippen molar-refractivity contribution in [1.82, 2.24) is 35.1 Å². The van der Waals surface area contributed by atoms with Gasteiger partial charge in [-0.3, -0.25) is 28.7 Å². The number of amides is 5. The SMILES string of the molecule is CCOCC(=O)N1CCC(C(=O)N2CCCC(=O)N(CCc3ccccc3)CC(=O)NC3CCc4c(c(nn4C)C(=O)NCC2)C3)CC1. The summed E-state index contributed by atoms with van der Waals surface area (Å²) in [7, 11) is 1.83. The normalized spacial score (nSPS) is 20.2. The first-order valence-electron chi connectivity index (χ1n) is 17.3. The minimum atomic E-state index is -0.307. The van der Waals surface area contributed by atoms with Gasteiger partial charge in [-0.1, -0.05) is 30.3 Å². The second-order valence-electron chi connectivity index (χ2n) is 12.9. The molecule has 1 aliphatic carbocycles. The van der Waals surface area contributed by atoms with Crippen molar-refractivity contribution in [2.75, 3.05) is 59.0 Å². The van der Waals surface area contributed by atoms with Crippen molar-refractivity contribution >= 4 is 29.5 Å². The number of hydrogen-bond acceptors (Lipinski definition) is 7. The van der Waals surface area contributed by atoms with Gasteiger partial charge in [0.2, 0.25) is 23.6 Å². The van der Waals surface area contributed by atoms with Gasteiger partial charge in [0.15, 0.2) is 5.69 Å². The van der Waals surface area contributed by atoms with Gasteiger partial charge in [0, 0.05) is 82.6 Å². The van der Waals surface area contributed by atoms with Gasteiger partial charge in [-0.15, -0.1) is 0 Å². The fourth-order valence-electron chi connectivity index (χ4n) is 6.96. The lowest BCUT2D eigenvalue weighted by Crippen LogP contribution is -2.47. The Kier molecular flexibility index (Phi) is 12.2. The van der Waals surface area contributed by atoms with Crippen molar-refractivity contribution in [2.24, 2.45) is 13.0 Å². The van der Waals surface area contributed by atoms with Crippen LogP contribution in [-0.4, -0.2) is 119 Å². The zero-order valence-corrected chi connectivity index (χ0v) is 28.2. The molecule has 5 rings (SSSR count). The lowest BCUT2D eigenvalue weighted by atomic mass is 9.91. The Balaban J connectivity index is 1.31. The van der Waals surface area contributed by atoms with Gasteiger partial charge in [-0.05, 0) is 57.4 Å². The molecule has 1 saturated heterocycles. The molecule has 3 aliphatic rings. The van der Waals surface area contributed by atoms with E-state index in [-0.39, 0.29) is 74.2 Å². The average Bonchev–Trinajstić information content (AvgIpc) is 3.43. The van der Waals surface area contributed by atoms with Crippen LogP contribution in [0.1, 0.15) is 66.3 Å². The Hall–Kier alpha value is -4.26. The van der Waals surface area contributed by atoms with Crippen molar-refractivity contribution in [3.05, 3.63) is 52.8 Å². The zero-order valence-electron chi connectivity index (χ0n) is 28.2. The summed E-state index contributed by atoms with van der Waals surface area (Å²) in [5, 5.41) is 10.6. The van der Waals surface area contributed by atoms with E-state index in [2.05, 4.69) is 15.7 Å². The van der Waals surface area contributed by atoms with Crippen LogP contribution in [0.4, 0.5) is 0 Å². The van der Waals surface area contributed by atoms with E-state index in [0.717, 1.165) is 16.8 Å². The molecule has 2 aromatic rings. The molecule has 2 aliphatic heterocycles. The van der Waals surface area contributed by atoms with Crippen LogP contribution < -0.4 is 10.6 Å². The predicted molar refractivity (Wildman–Crippen MR) is 178 cm³/mol. The molecule has 260 valence electrons. The Morgan fingerprint density at radius 2 is 1.75 bits per heavy atom. The van der Waals surface area contributed by atoms with Crippen LogP contribution in [0.3, 0.4) is 0 Å². The van der Waals surface area contributed by atoms with Crippen LogP contribution >= 0.6 is 0 Å². The van der Waals surface area contributed by atoms with Crippen molar-refractivity contribution in [3.63, 3.8) is 0 Å². The molecule has 1 atom stereocenters. The van der Waals surface area contributed by atoms with E-state index in [1.54, 1.807) is 19.4 Å². The zero-order chi connectivity index (χ0) is 34.0. The molecule has 3 heterocycles. The number of nitrogens with zero attached hydrogens (tertiary/aromatic N) is 5. The molecule has 48 heavy (non-hydrogen) atoms. The Morgan fingerprint density at radius 3 is 2.50 bits per heavy atom. The minimum Gasteiger partial charge on any atom is -0.372 e. The summed E-state index contributed by atoms with van der Waals surface area (Å²) in [5.74, 6) is -1.03. The smallest absolute Gasteiger partial charge is 0.272 e. The lowest BCUT2D eigenvalue weighted by Gasteiger charge is -2.34. The van der Waals surface area contributed by atoms with Gasteiger partial charge in [-0.2, -0.15) is 5.10 Å². The molecule has 1 fully saturated rings. The predicted octanol–water partition coefficient (Wildman–Crippen LogP) is 1.09. The highest BCUT2D eigenvalue weighted by Gasteiger charge is 2.32. The summed E-state index contributed by atoms with van der Waals surface area (Å²) in [6, 6.07) is 9.71. The van der Waals surface area contributed by atoms with Crippen LogP contribution in [0.5, 0.6) is 0 Å². The molecule has 2 bridgehead atoms. The third-order valence-corrected chi connectivity index (χ3v) is 9.66. The highest BCUT2D eigenvalue weighted by molar-refractivity contribution is 5.94. The van der Waals surface area contributed by atoms with Crippen LogP contribution in [0.15, 0.2) is 30.3 Å². The van der Waals surface area contributed by atoms with Gasteiger partial charge >= 0.3 is 0 Å². The first-order valence-corrected chi connectivity index (χ1v) is 17.3. The number of nitrogens with one attached hydrogen (secondary N) is 2. The number of rotatable bonds is 7. The van der Waals surface area contributed by atoms with Gasteiger partial charge in [0.05, 0.1) is 6.54 Å². The number of benzene rings is 1. The fraction of sp³-hybridized carbons (Fsp3) is 0.600. The van der Waals surface area contributed by atoms with Crippen molar-refractivity contribution in [2.45, 2.75) is 64.3 Å². The number of ether oxygens (including phenoxy) is 1. The molecule has 13 heteroatoms. The number of piperidine rings is 1. The average molecular weight is 664 g/mol. The first kappa shape index (κ1) is 35.1. The summed E-state index contributed by atoms with van der Waals surface area (Å²) < 4.78 is 7.01. The molecular weight excluding hydrogens is 614 g/mol. The molecule has 0 radical (unpaired) electrons. The second-order valence-corrected chi connectivity index (χ2v) is 12.9. The number of fused-ring (bicyclic) bond motifs is 1. The minimum absolute atomic E-state index is 0.0371. The van der Waals surface area contributed by atoms with Crippen LogP contribution in [0.2, 0.25) is 0 Å². The monoisotopic (exact) mass is 663 g/mol. The van der Waals surface area contributed by atoms with Gasteiger partial charge in [-0.25, -0.2) is 0 Å². The number of aromatic nitrogens is 2. The lowest BCUT2D eigenvalue weighted by molar-refractivity contribution is -0.143. The number of hydrogen-bond donors (Lipinski definition) is 2. The maximum atomic E-state index is 13.8. The molecule has 13 nitrogen and oxygen atoms in total. The van der Waals surface area contributed by atoms with Crippen molar-refractivity contribution < 1.29 is 28.7 Å². The van der Waals surface area contributed by atoms with Crippen LogP contribution in [0, 0.1) is 5.92 Å². The maximum Gasteiger partial charge on any atom is 0.272 e. The van der Waals surface area contributed by atoms with E-state index < -0.39 is 0 Å². The number of carbonyl (C=O) groups excluding carboxylic acids is 5. The van der Waals surface area contributed by atoms with E-state index in [9.17, 15) is 24.0 Å². The molecular formula is C35H49N7O6. The Labute approximate surface area is 282 Å². The van der Waals surface area contributed by atoms with Crippen LogP contribution in [-0.2, 0) is 50.2 Å². The second kappa shape index (κ2) is 16.7. The number of likely N-dealkylation sites (tertiary alicyclic amines) is 1. The Bertz CT molecular complexity index is 1450. The summed E-state index contributed by atoms with van der Waals surface area (Å²) in [6.07, 6.45) is 4.18. The molecule has 1 unspecified atom stereocenters.